The van der Waals surface area contributed by atoms with Crippen LogP contribution >= 0.6 is 15.9 Å². The predicted octanol–water partition coefficient (Wildman–Crippen LogP) is 4.90. The molecule has 0 aromatic heterocycles. The number of nitrogens with one attached hydrogen (secondary N) is 1. The van der Waals surface area contributed by atoms with E-state index in [1.54, 1.807) is 0 Å². The third-order valence-electron chi connectivity index (χ3n) is 3.20. The molecule has 0 spiro atoms. The van der Waals surface area contributed by atoms with Gasteiger partial charge in [0.15, 0.2) is 0 Å². The van der Waals surface area contributed by atoms with Crippen LogP contribution in [-0.2, 0) is 6.42 Å². The highest BCUT2D eigenvalue weighted by molar-refractivity contribution is 9.10. The third kappa shape index (κ3) is 7.74. The summed E-state index contributed by atoms with van der Waals surface area (Å²) in [5.41, 5.74) is 1.44. The first kappa shape index (κ1) is 16.7. The van der Waals surface area contributed by atoms with Crippen molar-refractivity contribution in [2.75, 3.05) is 13.1 Å². The maximum absolute atomic E-state index is 3.61. The molecule has 1 atom stereocenters. The van der Waals surface area contributed by atoms with E-state index in [-0.39, 0.29) is 0 Å². The van der Waals surface area contributed by atoms with Crippen LogP contribution in [0.3, 0.4) is 0 Å². The molecule has 0 radical (unpaired) electrons. The molecule has 108 valence electrons. The van der Waals surface area contributed by atoms with Gasteiger partial charge in [0.05, 0.1) is 0 Å². The summed E-state index contributed by atoms with van der Waals surface area (Å²) in [6.45, 7) is 11.4. The van der Waals surface area contributed by atoms with Crippen molar-refractivity contribution in [2.45, 2.75) is 40.5 Å². The summed E-state index contributed by atoms with van der Waals surface area (Å²) in [6, 6.07) is 8.71. The van der Waals surface area contributed by atoms with Crippen LogP contribution in [0.5, 0.6) is 0 Å². The molecule has 1 unspecified atom stereocenters. The van der Waals surface area contributed by atoms with E-state index in [1.807, 2.05) is 0 Å². The van der Waals surface area contributed by atoms with Crippen LogP contribution in [0.25, 0.3) is 0 Å². The van der Waals surface area contributed by atoms with Crippen LogP contribution in [0, 0.1) is 17.8 Å². The maximum Gasteiger partial charge on any atom is 0.0177 e. The molecule has 1 rings (SSSR count). The van der Waals surface area contributed by atoms with E-state index in [0.29, 0.717) is 0 Å². The molecule has 0 saturated heterocycles. The van der Waals surface area contributed by atoms with E-state index in [0.717, 1.165) is 30.8 Å². The Morgan fingerprint density at radius 1 is 1.05 bits per heavy atom. The average molecular weight is 326 g/mol. The summed E-state index contributed by atoms with van der Waals surface area (Å²) >= 11 is 3.56. The van der Waals surface area contributed by atoms with Gasteiger partial charge < -0.3 is 5.32 Å². The van der Waals surface area contributed by atoms with Gasteiger partial charge in [-0.25, -0.2) is 0 Å². The minimum Gasteiger partial charge on any atom is -0.316 e. The highest BCUT2D eigenvalue weighted by Gasteiger charge is 2.12. The molecule has 2 heteroatoms. The largest absolute Gasteiger partial charge is 0.316 e. The smallest absolute Gasteiger partial charge is 0.0177 e. The zero-order valence-corrected chi connectivity index (χ0v) is 14.3. The maximum atomic E-state index is 3.61. The van der Waals surface area contributed by atoms with E-state index in [1.165, 1.54) is 22.9 Å². The van der Waals surface area contributed by atoms with E-state index < -0.39 is 0 Å². The molecule has 0 aliphatic heterocycles. The van der Waals surface area contributed by atoms with Crippen molar-refractivity contribution in [3.05, 3.63) is 34.3 Å². The van der Waals surface area contributed by atoms with Gasteiger partial charge in [-0.1, -0.05) is 55.8 Å². The molecule has 0 aliphatic rings. The Labute approximate surface area is 127 Å². The Bertz CT molecular complexity index is 360. The van der Waals surface area contributed by atoms with Gasteiger partial charge in [0.1, 0.15) is 0 Å². The molecule has 0 saturated carbocycles. The third-order valence-corrected chi connectivity index (χ3v) is 3.70. The van der Waals surface area contributed by atoms with Crippen molar-refractivity contribution >= 4 is 15.9 Å². The molecular formula is C17H28BrN. The van der Waals surface area contributed by atoms with Crippen molar-refractivity contribution in [2.24, 2.45) is 17.8 Å². The van der Waals surface area contributed by atoms with E-state index in [9.17, 15) is 0 Å². The van der Waals surface area contributed by atoms with Crippen molar-refractivity contribution in [1.82, 2.24) is 5.32 Å². The Hall–Kier alpha value is -0.340. The van der Waals surface area contributed by atoms with Crippen molar-refractivity contribution in [3.8, 4) is 0 Å². The fourth-order valence-corrected chi connectivity index (χ4v) is 2.93. The van der Waals surface area contributed by atoms with E-state index >= 15 is 0 Å². The zero-order chi connectivity index (χ0) is 14.3. The van der Waals surface area contributed by atoms with Crippen LogP contribution in [0.2, 0.25) is 0 Å². The molecular weight excluding hydrogens is 298 g/mol. The molecule has 0 bridgehead atoms. The molecule has 1 aromatic rings. The Morgan fingerprint density at radius 2 is 1.79 bits per heavy atom. The van der Waals surface area contributed by atoms with Crippen LogP contribution in [-0.4, -0.2) is 13.1 Å². The van der Waals surface area contributed by atoms with Gasteiger partial charge in [0.2, 0.25) is 0 Å². The number of halogens is 1. The summed E-state index contributed by atoms with van der Waals surface area (Å²) in [7, 11) is 0. The fraction of sp³-hybridized carbons (Fsp3) is 0.647. The van der Waals surface area contributed by atoms with Gasteiger partial charge in [0.25, 0.3) is 0 Å². The average Bonchev–Trinajstić information content (AvgIpc) is 2.27. The highest BCUT2D eigenvalue weighted by atomic mass is 79.9. The van der Waals surface area contributed by atoms with Crippen molar-refractivity contribution < 1.29 is 0 Å². The zero-order valence-electron chi connectivity index (χ0n) is 12.7. The van der Waals surface area contributed by atoms with Crippen molar-refractivity contribution in [1.29, 1.82) is 0 Å². The van der Waals surface area contributed by atoms with Gasteiger partial charge in [-0.05, 0) is 61.4 Å². The summed E-state index contributed by atoms with van der Waals surface area (Å²) in [6.07, 6.45) is 2.46. The van der Waals surface area contributed by atoms with Crippen LogP contribution < -0.4 is 5.32 Å². The predicted molar refractivity (Wildman–Crippen MR) is 88.5 cm³/mol. The van der Waals surface area contributed by atoms with Crippen LogP contribution in [0.4, 0.5) is 0 Å². The molecule has 0 amide bonds. The second kappa shape index (κ2) is 8.76. The summed E-state index contributed by atoms with van der Waals surface area (Å²) in [5, 5.41) is 3.61. The van der Waals surface area contributed by atoms with E-state index in [4.69, 9.17) is 0 Å². The first-order valence-electron chi connectivity index (χ1n) is 7.42. The molecule has 0 aliphatic carbocycles. The standard InChI is InChI=1S/C17H28BrN/c1-13(2)8-16(12-19-11-14(3)4)9-15-6-5-7-17(18)10-15/h5-7,10,13-14,16,19H,8-9,11-12H2,1-4H3. The summed E-state index contributed by atoms with van der Waals surface area (Å²) < 4.78 is 1.18. The molecule has 1 aromatic carbocycles. The van der Waals surface area contributed by atoms with Gasteiger partial charge in [-0.15, -0.1) is 0 Å². The number of hydrogen-bond acceptors (Lipinski definition) is 1. The topological polar surface area (TPSA) is 12.0 Å². The van der Waals surface area contributed by atoms with Crippen molar-refractivity contribution in [3.63, 3.8) is 0 Å². The Morgan fingerprint density at radius 3 is 2.37 bits per heavy atom. The quantitative estimate of drug-likeness (QED) is 0.716. The van der Waals surface area contributed by atoms with Gasteiger partial charge >= 0.3 is 0 Å². The number of benzene rings is 1. The molecule has 1 N–H and O–H groups in total. The number of rotatable bonds is 8. The Balaban J connectivity index is 2.53. The molecule has 1 nitrogen and oxygen atoms in total. The fourth-order valence-electron chi connectivity index (χ4n) is 2.48. The SMILES string of the molecule is CC(C)CNCC(Cc1cccc(Br)c1)CC(C)C. The van der Waals surface area contributed by atoms with Gasteiger partial charge in [-0.2, -0.15) is 0 Å². The molecule has 0 heterocycles. The second-order valence-electron chi connectivity index (χ2n) is 6.38. The van der Waals surface area contributed by atoms with Gasteiger partial charge in [-0.3, -0.25) is 0 Å². The normalized spacial score (nSPS) is 13.2. The van der Waals surface area contributed by atoms with Gasteiger partial charge in [0, 0.05) is 4.47 Å². The lowest BCUT2D eigenvalue weighted by Gasteiger charge is -2.20. The minimum absolute atomic E-state index is 0.727. The monoisotopic (exact) mass is 325 g/mol. The number of hydrogen-bond donors (Lipinski definition) is 1. The molecule has 0 fully saturated rings. The Kier molecular flexibility index (Phi) is 7.70. The summed E-state index contributed by atoms with van der Waals surface area (Å²) in [5.74, 6) is 2.22. The van der Waals surface area contributed by atoms with Crippen LogP contribution in [0.15, 0.2) is 28.7 Å². The minimum atomic E-state index is 0.727. The first-order chi connectivity index (χ1) is 8.97. The van der Waals surface area contributed by atoms with E-state index in [2.05, 4.69) is 73.2 Å². The summed E-state index contributed by atoms with van der Waals surface area (Å²) in [4.78, 5) is 0. The lowest BCUT2D eigenvalue weighted by Crippen LogP contribution is -2.28. The molecule has 19 heavy (non-hydrogen) atoms. The second-order valence-corrected chi connectivity index (χ2v) is 7.30. The van der Waals surface area contributed by atoms with Crippen LogP contribution in [0.1, 0.15) is 39.7 Å². The first-order valence-corrected chi connectivity index (χ1v) is 8.21. The highest BCUT2D eigenvalue weighted by Crippen LogP contribution is 2.19. The lowest BCUT2D eigenvalue weighted by molar-refractivity contribution is 0.376. The lowest BCUT2D eigenvalue weighted by atomic mass is 9.91.